The molecule has 0 saturated heterocycles. The van der Waals surface area contributed by atoms with Crippen molar-refractivity contribution in [2.75, 3.05) is 0 Å². The normalized spacial score (nSPS) is 11.1. The molecule has 0 aliphatic rings. The molecule has 1 nitrogen and oxygen atoms in total. The molecule has 19 heavy (non-hydrogen) atoms. The van der Waals surface area contributed by atoms with Crippen LogP contribution in [0.4, 0.5) is 0 Å². The zero-order chi connectivity index (χ0) is 13.4. The van der Waals surface area contributed by atoms with Crippen LogP contribution in [0, 0.1) is 6.92 Å². The summed E-state index contributed by atoms with van der Waals surface area (Å²) in [6.07, 6.45) is 0.949. The van der Waals surface area contributed by atoms with Gasteiger partial charge in [0, 0.05) is 28.7 Å². The highest BCUT2D eigenvalue weighted by molar-refractivity contribution is 6.31. The van der Waals surface area contributed by atoms with E-state index >= 15 is 0 Å². The van der Waals surface area contributed by atoms with Crippen molar-refractivity contribution < 1.29 is 0 Å². The number of fused-ring (bicyclic) bond motifs is 1. The Morgan fingerprint density at radius 2 is 1.79 bits per heavy atom. The van der Waals surface area contributed by atoms with Gasteiger partial charge in [-0.05, 0) is 42.7 Å². The first-order chi connectivity index (χ1) is 9.16. The van der Waals surface area contributed by atoms with E-state index in [0.717, 1.165) is 11.4 Å². The molecular weight excluding hydrogens is 254 g/mol. The van der Waals surface area contributed by atoms with E-state index < -0.39 is 0 Å². The zero-order valence-corrected chi connectivity index (χ0v) is 11.9. The molecule has 3 aromatic rings. The predicted molar refractivity (Wildman–Crippen MR) is 81.9 cm³/mol. The van der Waals surface area contributed by atoms with Gasteiger partial charge in [-0.2, -0.15) is 0 Å². The fourth-order valence-corrected chi connectivity index (χ4v) is 2.82. The average Bonchev–Trinajstić information content (AvgIpc) is 2.65. The predicted octanol–water partition coefficient (Wildman–Crippen LogP) is 4.73. The Bertz CT molecular complexity index is 726. The van der Waals surface area contributed by atoms with Crippen molar-refractivity contribution in [2.24, 2.45) is 7.05 Å². The molecule has 0 aliphatic heterocycles. The van der Waals surface area contributed by atoms with Crippen LogP contribution in [0.25, 0.3) is 10.9 Å². The Hall–Kier alpha value is -1.73. The highest BCUT2D eigenvalue weighted by Gasteiger charge is 2.12. The second-order valence-electron chi connectivity index (χ2n) is 4.95. The molecule has 1 aromatic heterocycles. The molecule has 0 amide bonds. The number of aromatic nitrogens is 1. The number of nitrogens with zero attached hydrogens (tertiary/aromatic N) is 1. The monoisotopic (exact) mass is 269 g/mol. The van der Waals surface area contributed by atoms with E-state index in [-0.39, 0.29) is 0 Å². The highest BCUT2D eigenvalue weighted by atomic mass is 35.5. The molecule has 0 N–H and O–H groups in total. The number of aryl methyl sites for hydroxylation is 1. The Kier molecular flexibility index (Phi) is 3.08. The summed E-state index contributed by atoms with van der Waals surface area (Å²) in [5.41, 5.74) is 5.25. The Morgan fingerprint density at radius 1 is 1.05 bits per heavy atom. The number of halogens is 1. The van der Waals surface area contributed by atoms with Crippen molar-refractivity contribution in [3.63, 3.8) is 0 Å². The quantitative estimate of drug-likeness (QED) is 0.634. The summed E-state index contributed by atoms with van der Waals surface area (Å²) in [5, 5.41) is 2.06. The summed E-state index contributed by atoms with van der Waals surface area (Å²) in [4.78, 5) is 0. The third-order valence-electron chi connectivity index (χ3n) is 3.81. The Morgan fingerprint density at radius 3 is 2.53 bits per heavy atom. The van der Waals surface area contributed by atoms with Gasteiger partial charge in [0.05, 0.1) is 0 Å². The second-order valence-corrected chi connectivity index (χ2v) is 5.38. The molecule has 0 atom stereocenters. The molecule has 0 spiro atoms. The molecule has 0 saturated carbocycles. The summed E-state index contributed by atoms with van der Waals surface area (Å²) in [6, 6.07) is 16.7. The van der Waals surface area contributed by atoms with Crippen LogP contribution in [0.1, 0.15) is 16.8 Å². The molecule has 2 heteroatoms. The van der Waals surface area contributed by atoms with Crippen LogP contribution >= 0.6 is 11.6 Å². The molecule has 2 aromatic carbocycles. The number of hydrogen-bond acceptors (Lipinski definition) is 0. The maximum atomic E-state index is 6.15. The van der Waals surface area contributed by atoms with E-state index in [4.69, 9.17) is 11.6 Å². The van der Waals surface area contributed by atoms with Crippen LogP contribution in [-0.4, -0.2) is 4.57 Å². The highest BCUT2D eigenvalue weighted by Crippen LogP contribution is 2.29. The molecule has 0 radical (unpaired) electrons. The molecular formula is C17H16ClN. The molecule has 0 fully saturated rings. The van der Waals surface area contributed by atoms with Gasteiger partial charge in [-0.15, -0.1) is 0 Å². The molecule has 96 valence electrons. The van der Waals surface area contributed by atoms with Crippen LogP contribution in [-0.2, 0) is 13.5 Å². The first-order valence-electron chi connectivity index (χ1n) is 6.44. The first kappa shape index (κ1) is 12.3. The second kappa shape index (κ2) is 4.75. The third kappa shape index (κ3) is 2.15. The first-order valence-corrected chi connectivity index (χ1v) is 6.82. The van der Waals surface area contributed by atoms with Crippen molar-refractivity contribution in [2.45, 2.75) is 13.3 Å². The van der Waals surface area contributed by atoms with E-state index in [1.165, 1.54) is 27.7 Å². The van der Waals surface area contributed by atoms with Gasteiger partial charge in [0.1, 0.15) is 0 Å². The van der Waals surface area contributed by atoms with Crippen molar-refractivity contribution in [1.29, 1.82) is 0 Å². The lowest BCUT2D eigenvalue weighted by Crippen LogP contribution is -1.93. The van der Waals surface area contributed by atoms with Gasteiger partial charge in [-0.1, -0.05) is 41.9 Å². The van der Waals surface area contributed by atoms with Crippen LogP contribution < -0.4 is 0 Å². The maximum absolute atomic E-state index is 6.15. The molecule has 1 heterocycles. The molecule has 0 unspecified atom stereocenters. The minimum atomic E-state index is 0.799. The average molecular weight is 270 g/mol. The van der Waals surface area contributed by atoms with Gasteiger partial charge in [-0.3, -0.25) is 0 Å². The van der Waals surface area contributed by atoms with E-state index in [1.54, 1.807) is 0 Å². The van der Waals surface area contributed by atoms with Crippen molar-refractivity contribution >= 4 is 22.5 Å². The van der Waals surface area contributed by atoms with E-state index in [2.05, 4.69) is 61.0 Å². The minimum Gasteiger partial charge on any atom is -0.348 e. The van der Waals surface area contributed by atoms with Gasteiger partial charge in [0.2, 0.25) is 0 Å². The van der Waals surface area contributed by atoms with E-state index in [1.807, 2.05) is 6.07 Å². The fraction of sp³-hybridized carbons (Fsp3) is 0.176. The van der Waals surface area contributed by atoms with Gasteiger partial charge >= 0.3 is 0 Å². The summed E-state index contributed by atoms with van der Waals surface area (Å²) < 4.78 is 2.24. The van der Waals surface area contributed by atoms with Crippen LogP contribution in [0.3, 0.4) is 0 Å². The van der Waals surface area contributed by atoms with Gasteiger partial charge < -0.3 is 4.57 Å². The molecule has 0 bridgehead atoms. The topological polar surface area (TPSA) is 4.93 Å². The number of hydrogen-bond donors (Lipinski definition) is 0. The van der Waals surface area contributed by atoms with Crippen LogP contribution in [0.2, 0.25) is 5.02 Å². The minimum absolute atomic E-state index is 0.799. The van der Waals surface area contributed by atoms with Gasteiger partial charge in [-0.25, -0.2) is 0 Å². The lowest BCUT2D eigenvalue weighted by molar-refractivity contribution is 0.903. The standard InChI is InChI=1S/C17H16ClN/c1-12-15(10-13-6-4-3-5-7-13)16-11-14(18)8-9-17(16)19(12)2/h3-9,11H,10H2,1-2H3. The smallest absolute Gasteiger partial charge is 0.0483 e. The lowest BCUT2D eigenvalue weighted by atomic mass is 10.0. The number of benzene rings is 2. The summed E-state index contributed by atoms with van der Waals surface area (Å²) in [6.45, 7) is 2.17. The van der Waals surface area contributed by atoms with Crippen molar-refractivity contribution in [3.8, 4) is 0 Å². The van der Waals surface area contributed by atoms with Gasteiger partial charge in [0.15, 0.2) is 0 Å². The van der Waals surface area contributed by atoms with Crippen LogP contribution in [0.5, 0.6) is 0 Å². The summed E-state index contributed by atoms with van der Waals surface area (Å²) >= 11 is 6.15. The maximum Gasteiger partial charge on any atom is 0.0483 e. The van der Waals surface area contributed by atoms with Gasteiger partial charge in [0.25, 0.3) is 0 Å². The fourth-order valence-electron chi connectivity index (χ4n) is 2.64. The lowest BCUT2D eigenvalue weighted by Gasteiger charge is -2.03. The van der Waals surface area contributed by atoms with Crippen molar-refractivity contribution in [1.82, 2.24) is 4.57 Å². The summed E-state index contributed by atoms with van der Waals surface area (Å²) in [7, 11) is 2.11. The summed E-state index contributed by atoms with van der Waals surface area (Å²) in [5.74, 6) is 0. The third-order valence-corrected chi connectivity index (χ3v) is 4.04. The molecule has 3 rings (SSSR count). The Labute approximate surface area is 118 Å². The largest absolute Gasteiger partial charge is 0.348 e. The van der Waals surface area contributed by atoms with E-state index in [9.17, 15) is 0 Å². The Balaban J connectivity index is 2.17. The number of rotatable bonds is 2. The molecule has 0 aliphatic carbocycles. The van der Waals surface area contributed by atoms with Crippen LogP contribution in [0.15, 0.2) is 48.5 Å². The zero-order valence-electron chi connectivity index (χ0n) is 11.2. The van der Waals surface area contributed by atoms with Crippen molar-refractivity contribution in [3.05, 3.63) is 70.4 Å². The van der Waals surface area contributed by atoms with E-state index in [0.29, 0.717) is 0 Å². The SMILES string of the molecule is Cc1c(Cc2ccccc2)c2cc(Cl)ccc2n1C.